The number of carbonyl (C=O) groups is 1. The predicted octanol–water partition coefficient (Wildman–Crippen LogP) is 2.43. The van der Waals surface area contributed by atoms with Crippen LogP contribution >= 0.6 is 0 Å². The van der Waals surface area contributed by atoms with Crippen LogP contribution in [0.4, 0.5) is 13.2 Å². The second-order valence-electron chi connectivity index (χ2n) is 5.03. The Kier molecular flexibility index (Phi) is 6.09. The minimum absolute atomic E-state index is 0.124. The van der Waals surface area contributed by atoms with Crippen molar-refractivity contribution in [3.8, 4) is 11.5 Å². The molecular formula is C15H18F3NO4. The molecule has 5 nitrogen and oxygen atoms in total. The van der Waals surface area contributed by atoms with E-state index in [2.05, 4.69) is 10.1 Å². The van der Waals surface area contributed by atoms with Gasteiger partial charge in [-0.3, -0.25) is 4.79 Å². The number of amides is 1. The van der Waals surface area contributed by atoms with E-state index in [1.165, 1.54) is 0 Å². The van der Waals surface area contributed by atoms with E-state index in [0.29, 0.717) is 24.7 Å². The number of nitrogens with one attached hydrogen (secondary N) is 1. The Bertz CT molecular complexity index is 534. The van der Waals surface area contributed by atoms with E-state index in [-0.39, 0.29) is 25.5 Å². The zero-order chi connectivity index (χ0) is 16.7. The van der Waals surface area contributed by atoms with Gasteiger partial charge < -0.3 is 19.5 Å². The van der Waals surface area contributed by atoms with Gasteiger partial charge in [0.2, 0.25) is 5.91 Å². The third-order valence-electron chi connectivity index (χ3n) is 3.04. The first-order chi connectivity index (χ1) is 10.9. The van der Waals surface area contributed by atoms with E-state index in [1.807, 2.05) is 0 Å². The zero-order valence-electron chi connectivity index (χ0n) is 12.4. The summed E-state index contributed by atoms with van der Waals surface area (Å²) < 4.78 is 51.0. The zero-order valence-corrected chi connectivity index (χ0v) is 12.4. The van der Waals surface area contributed by atoms with Crippen molar-refractivity contribution in [3.63, 3.8) is 0 Å². The van der Waals surface area contributed by atoms with Gasteiger partial charge >= 0.3 is 6.18 Å². The Morgan fingerprint density at radius 2 is 1.96 bits per heavy atom. The minimum Gasteiger partial charge on any atom is -0.490 e. The fourth-order valence-electron chi connectivity index (χ4n) is 1.96. The highest BCUT2D eigenvalue weighted by molar-refractivity contribution is 5.75. The number of hydrogen-bond acceptors (Lipinski definition) is 4. The third kappa shape index (κ3) is 6.35. The van der Waals surface area contributed by atoms with Crippen molar-refractivity contribution < 1.29 is 32.2 Å². The molecule has 0 aromatic heterocycles. The summed E-state index contributed by atoms with van der Waals surface area (Å²) in [6.07, 6.45) is -3.69. The van der Waals surface area contributed by atoms with Crippen LogP contribution in [0.3, 0.4) is 0 Å². The quantitative estimate of drug-likeness (QED) is 0.813. The van der Waals surface area contributed by atoms with Gasteiger partial charge in [0.1, 0.15) is 6.61 Å². The van der Waals surface area contributed by atoms with Crippen LogP contribution in [-0.4, -0.2) is 38.5 Å². The summed E-state index contributed by atoms with van der Waals surface area (Å²) in [7, 11) is 0. The molecule has 0 atom stereocenters. The molecule has 0 aliphatic carbocycles. The lowest BCUT2D eigenvalue weighted by molar-refractivity contribution is -0.174. The summed E-state index contributed by atoms with van der Waals surface area (Å²) in [4.78, 5) is 11.6. The molecular weight excluding hydrogens is 315 g/mol. The molecule has 1 aromatic rings. The summed E-state index contributed by atoms with van der Waals surface area (Å²) in [6, 6.07) is 5.35. The van der Waals surface area contributed by atoms with Crippen LogP contribution in [0, 0.1) is 0 Å². The van der Waals surface area contributed by atoms with Crippen molar-refractivity contribution in [2.24, 2.45) is 0 Å². The molecule has 2 rings (SSSR count). The minimum atomic E-state index is -4.37. The van der Waals surface area contributed by atoms with Gasteiger partial charge in [0.05, 0.1) is 19.8 Å². The molecule has 1 heterocycles. The van der Waals surface area contributed by atoms with Crippen LogP contribution in [0.1, 0.15) is 18.4 Å². The molecule has 0 saturated carbocycles. The normalized spacial score (nSPS) is 14.2. The van der Waals surface area contributed by atoms with Gasteiger partial charge in [-0.05, 0) is 17.7 Å². The summed E-state index contributed by atoms with van der Waals surface area (Å²) in [5.41, 5.74) is 0.818. The molecule has 1 aliphatic heterocycles. The Morgan fingerprint density at radius 1 is 1.22 bits per heavy atom. The number of carbonyl (C=O) groups excluding carboxylic acids is 1. The van der Waals surface area contributed by atoms with Crippen molar-refractivity contribution in [1.29, 1.82) is 0 Å². The molecule has 23 heavy (non-hydrogen) atoms. The maximum Gasteiger partial charge on any atom is 0.411 e. The summed E-state index contributed by atoms with van der Waals surface area (Å²) in [5, 5.41) is 2.62. The van der Waals surface area contributed by atoms with Gasteiger partial charge in [-0.15, -0.1) is 0 Å². The van der Waals surface area contributed by atoms with E-state index < -0.39 is 12.8 Å². The van der Waals surface area contributed by atoms with E-state index in [0.717, 1.165) is 12.0 Å². The SMILES string of the molecule is O=C(CCOCC(F)(F)F)NCc1ccc2c(c1)OCCCO2. The molecule has 0 spiro atoms. The lowest BCUT2D eigenvalue weighted by atomic mass is 10.2. The first-order valence-corrected chi connectivity index (χ1v) is 7.24. The molecule has 0 unspecified atom stereocenters. The molecule has 0 radical (unpaired) electrons. The van der Waals surface area contributed by atoms with Gasteiger partial charge in [0.15, 0.2) is 11.5 Å². The van der Waals surface area contributed by atoms with Crippen LogP contribution in [0.25, 0.3) is 0 Å². The molecule has 0 bridgehead atoms. The summed E-state index contributed by atoms with van der Waals surface area (Å²) >= 11 is 0. The van der Waals surface area contributed by atoms with Gasteiger partial charge in [0.25, 0.3) is 0 Å². The second-order valence-corrected chi connectivity index (χ2v) is 5.03. The number of benzene rings is 1. The molecule has 128 valence electrons. The van der Waals surface area contributed by atoms with Gasteiger partial charge in [-0.2, -0.15) is 13.2 Å². The largest absolute Gasteiger partial charge is 0.490 e. The number of ether oxygens (including phenoxy) is 3. The maximum absolute atomic E-state index is 11.9. The Hall–Kier alpha value is -1.96. The number of rotatable bonds is 6. The maximum atomic E-state index is 11.9. The number of alkyl halides is 3. The summed E-state index contributed by atoms with van der Waals surface area (Å²) in [6.45, 7) is -0.190. The molecule has 1 aromatic carbocycles. The van der Waals surface area contributed by atoms with E-state index in [1.54, 1.807) is 18.2 Å². The van der Waals surface area contributed by atoms with Crippen molar-refractivity contribution in [2.75, 3.05) is 26.4 Å². The average molecular weight is 333 g/mol. The Balaban J connectivity index is 1.73. The fourth-order valence-corrected chi connectivity index (χ4v) is 1.96. The van der Waals surface area contributed by atoms with Crippen LogP contribution in [-0.2, 0) is 16.1 Å². The molecule has 1 aliphatic rings. The van der Waals surface area contributed by atoms with E-state index in [9.17, 15) is 18.0 Å². The Labute approximate surface area is 131 Å². The number of fused-ring (bicyclic) bond motifs is 1. The van der Waals surface area contributed by atoms with Crippen molar-refractivity contribution in [2.45, 2.75) is 25.6 Å². The highest BCUT2D eigenvalue weighted by Crippen LogP contribution is 2.30. The van der Waals surface area contributed by atoms with E-state index in [4.69, 9.17) is 9.47 Å². The first-order valence-electron chi connectivity index (χ1n) is 7.24. The topological polar surface area (TPSA) is 56.8 Å². The lowest BCUT2D eigenvalue weighted by Crippen LogP contribution is -2.25. The van der Waals surface area contributed by atoms with Gasteiger partial charge in [-0.1, -0.05) is 6.07 Å². The fraction of sp³-hybridized carbons (Fsp3) is 0.533. The number of halogens is 3. The monoisotopic (exact) mass is 333 g/mol. The van der Waals surface area contributed by atoms with Crippen LogP contribution in [0.15, 0.2) is 18.2 Å². The second kappa shape index (κ2) is 8.05. The van der Waals surface area contributed by atoms with Gasteiger partial charge in [-0.25, -0.2) is 0 Å². The highest BCUT2D eigenvalue weighted by atomic mass is 19.4. The lowest BCUT2D eigenvalue weighted by Gasteiger charge is -2.10. The van der Waals surface area contributed by atoms with Crippen molar-refractivity contribution in [1.82, 2.24) is 5.32 Å². The molecule has 1 N–H and O–H groups in total. The average Bonchev–Trinajstić information content (AvgIpc) is 2.73. The number of hydrogen-bond donors (Lipinski definition) is 1. The van der Waals surface area contributed by atoms with Gasteiger partial charge in [0, 0.05) is 19.4 Å². The first kappa shape index (κ1) is 17.4. The smallest absolute Gasteiger partial charge is 0.411 e. The van der Waals surface area contributed by atoms with Crippen LogP contribution < -0.4 is 14.8 Å². The third-order valence-corrected chi connectivity index (χ3v) is 3.04. The standard InChI is InChI=1S/C15H18F3NO4/c16-15(17,18)10-21-7-4-14(20)19-9-11-2-3-12-13(8-11)23-6-1-5-22-12/h2-3,8H,1,4-7,9-10H2,(H,19,20). The Morgan fingerprint density at radius 3 is 2.70 bits per heavy atom. The predicted molar refractivity (Wildman–Crippen MR) is 75.4 cm³/mol. The van der Waals surface area contributed by atoms with Crippen LogP contribution in [0.2, 0.25) is 0 Å². The molecule has 0 saturated heterocycles. The van der Waals surface area contributed by atoms with Crippen molar-refractivity contribution in [3.05, 3.63) is 23.8 Å². The summed E-state index contributed by atoms with van der Waals surface area (Å²) in [5.74, 6) is 0.917. The molecule has 1 amide bonds. The van der Waals surface area contributed by atoms with E-state index >= 15 is 0 Å². The van der Waals surface area contributed by atoms with Crippen molar-refractivity contribution >= 4 is 5.91 Å². The van der Waals surface area contributed by atoms with Crippen LogP contribution in [0.5, 0.6) is 11.5 Å². The molecule has 0 fully saturated rings. The molecule has 8 heteroatoms. The highest BCUT2D eigenvalue weighted by Gasteiger charge is 2.27.